The molecule has 0 saturated heterocycles. The lowest BCUT2D eigenvalue weighted by molar-refractivity contribution is -0.139. The molecule has 0 aliphatic carbocycles. The number of amides is 1. The van der Waals surface area contributed by atoms with Gasteiger partial charge in [0.05, 0.1) is 0 Å². The molecule has 0 radical (unpaired) electrons. The summed E-state index contributed by atoms with van der Waals surface area (Å²) >= 11 is 0. The topological polar surface area (TPSA) is 92.4 Å². The molecule has 4 N–H and O–H groups in total. The van der Waals surface area contributed by atoms with E-state index in [2.05, 4.69) is 5.32 Å². The highest BCUT2D eigenvalue weighted by molar-refractivity contribution is 5.97. The minimum atomic E-state index is -0.997. The summed E-state index contributed by atoms with van der Waals surface area (Å²) in [7, 11) is 0. The molecule has 0 aliphatic heterocycles. The lowest BCUT2D eigenvalue weighted by Gasteiger charge is -2.15. The van der Waals surface area contributed by atoms with Crippen LogP contribution in [0.2, 0.25) is 0 Å². The van der Waals surface area contributed by atoms with Gasteiger partial charge in [-0.1, -0.05) is 38.0 Å². The predicted molar refractivity (Wildman–Crippen MR) is 77.6 cm³/mol. The third-order valence-corrected chi connectivity index (χ3v) is 3.13. The number of unbranched alkanes of at least 4 members (excludes halogenated alkanes) is 1. The largest absolute Gasteiger partial charge is 0.480 e. The van der Waals surface area contributed by atoms with Crippen molar-refractivity contribution in [2.45, 2.75) is 38.6 Å². The maximum Gasteiger partial charge on any atom is 0.326 e. The fourth-order valence-electron chi connectivity index (χ4n) is 2.02. The molecule has 1 aromatic rings. The molecule has 1 aromatic carbocycles. The summed E-state index contributed by atoms with van der Waals surface area (Å²) in [5.74, 6) is -1.35. The Morgan fingerprint density at radius 3 is 2.65 bits per heavy atom. The van der Waals surface area contributed by atoms with Gasteiger partial charge in [-0.3, -0.25) is 4.79 Å². The lowest BCUT2D eigenvalue weighted by atomic mass is 10.0. The van der Waals surface area contributed by atoms with Gasteiger partial charge in [0.15, 0.2) is 0 Å². The molecule has 20 heavy (non-hydrogen) atoms. The van der Waals surface area contributed by atoms with Crippen molar-refractivity contribution in [3.63, 3.8) is 0 Å². The zero-order valence-corrected chi connectivity index (χ0v) is 11.8. The van der Waals surface area contributed by atoms with E-state index in [1.165, 1.54) is 0 Å². The average molecular weight is 278 g/mol. The molecule has 0 fully saturated rings. The molecule has 0 aliphatic rings. The first kappa shape index (κ1) is 16.2. The highest BCUT2D eigenvalue weighted by Gasteiger charge is 2.21. The zero-order valence-electron chi connectivity index (χ0n) is 11.8. The van der Waals surface area contributed by atoms with Crippen molar-refractivity contribution in [2.75, 3.05) is 6.54 Å². The van der Waals surface area contributed by atoms with Crippen LogP contribution in [0.25, 0.3) is 0 Å². The van der Waals surface area contributed by atoms with Gasteiger partial charge in [-0.25, -0.2) is 4.79 Å². The Labute approximate surface area is 119 Å². The minimum absolute atomic E-state index is 0.349. The van der Waals surface area contributed by atoms with Gasteiger partial charge in [0.2, 0.25) is 0 Å². The van der Waals surface area contributed by atoms with Gasteiger partial charge < -0.3 is 16.2 Å². The number of carbonyl (C=O) groups excluding carboxylic acids is 1. The van der Waals surface area contributed by atoms with Crippen LogP contribution in [-0.4, -0.2) is 29.6 Å². The van der Waals surface area contributed by atoms with E-state index in [0.29, 0.717) is 24.9 Å². The Morgan fingerprint density at radius 1 is 1.35 bits per heavy atom. The van der Waals surface area contributed by atoms with Crippen molar-refractivity contribution < 1.29 is 14.7 Å². The molecule has 1 rings (SSSR count). The van der Waals surface area contributed by atoms with E-state index in [-0.39, 0.29) is 5.91 Å². The van der Waals surface area contributed by atoms with E-state index in [1.54, 1.807) is 12.1 Å². The minimum Gasteiger partial charge on any atom is -0.480 e. The smallest absolute Gasteiger partial charge is 0.326 e. The standard InChI is InChI=1S/C15H22N2O3/c1-2-3-8-13(15(19)20)17-14(18)12-7-5-4-6-11(12)9-10-16/h4-7,13H,2-3,8-10,16H2,1H3,(H,17,18)(H,19,20)/t13-/m0/s1. The Morgan fingerprint density at radius 2 is 2.05 bits per heavy atom. The first-order valence-electron chi connectivity index (χ1n) is 6.91. The fourth-order valence-corrected chi connectivity index (χ4v) is 2.02. The molecule has 5 nitrogen and oxygen atoms in total. The van der Waals surface area contributed by atoms with Crippen LogP contribution in [-0.2, 0) is 11.2 Å². The summed E-state index contributed by atoms with van der Waals surface area (Å²) in [4.78, 5) is 23.4. The van der Waals surface area contributed by atoms with Crippen LogP contribution in [0.1, 0.15) is 42.1 Å². The molecule has 0 unspecified atom stereocenters. The van der Waals surface area contributed by atoms with E-state index >= 15 is 0 Å². The van der Waals surface area contributed by atoms with Crippen LogP contribution in [0.5, 0.6) is 0 Å². The maximum atomic E-state index is 12.2. The number of aliphatic carboxylic acids is 1. The van der Waals surface area contributed by atoms with Crippen molar-refractivity contribution in [3.8, 4) is 0 Å². The Bertz CT molecular complexity index is 460. The van der Waals surface area contributed by atoms with Crippen molar-refractivity contribution in [1.29, 1.82) is 0 Å². The van der Waals surface area contributed by atoms with Crippen LogP contribution in [0, 0.1) is 0 Å². The summed E-state index contributed by atoms with van der Waals surface area (Å²) in [5, 5.41) is 11.7. The summed E-state index contributed by atoms with van der Waals surface area (Å²) in [6.45, 7) is 2.43. The molecule has 0 heterocycles. The van der Waals surface area contributed by atoms with Crippen LogP contribution < -0.4 is 11.1 Å². The second-order valence-corrected chi connectivity index (χ2v) is 4.70. The molecule has 0 spiro atoms. The Kier molecular flexibility index (Phi) is 6.73. The lowest BCUT2D eigenvalue weighted by Crippen LogP contribution is -2.41. The zero-order chi connectivity index (χ0) is 15.0. The number of nitrogens with two attached hydrogens (primary N) is 1. The number of hydrogen-bond acceptors (Lipinski definition) is 3. The Balaban J connectivity index is 2.80. The monoisotopic (exact) mass is 278 g/mol. The van der Waals surface area contributed by atoms with Crippen LogP contribution in [0.4, 0.5) is 0 Å². The van der Waals surface area contributed by atoms with Crippen molar-refractivity contribution in [3.05, 3.63) is 35.4 Å². The molecule has 1 atom stereocenters. The number of hydrogen-bond donors (Lipinski definition) is 3. The van der Waals surface area contributed by atoms with Gasteiger partial charge in [0.25, 0.3) is 5.91 Å². The first-order chi connectivity index (χ1) is 9.60. The second-order valence-electron chi connectivity index (χ2n) is 4.70. The van der Waals surface area contributed by atoms with Crippen molar-refractivity contribution in [2.24, 2.45) is 5.73 Å². The number of carbonyl (C=O) groups is 2. The van der Waals surface area contributed by atoms with Gasteiger partial charge in [-0.15, -0.1) is 0 Å². The summed E-state index contributed by atoms with van der Waals surface area (Å²) in [6, 6.07) is 6.29. The van der Waals surface area contributed by atoms with Crippen LogP contribution in [0.15, 0.2) is 24.3 Å². The van der Waals surface area contributed by atoms with Crippen LogP contribution in [0.3, 0.4) is 0 Å². The molecule has 0 saturated carbocycles. The van der Waals surface area contributed by atoms with Crippen LogP contribution >= 0.6 is 0 Å². The van der Waals surface area contributed by atoms with Crippen molar-refractivity contribution >= 4 is 11.9 Å². The second kappa shape index (κ2) is 8.32. The third kappa shape index (κ3) is 4.66. The predicted octanol–water partition coefficient (Wildman–Crippen LogP) is 1.56. The Hall–Kier alpha value is -1.88. The van der Waals surface area contributed by atoms with E-state index in [1.807, 2.05) is 19.1 Å². The molecule has 110 valence electrons. The molecule has 0 bridgehead atoms. The van der Waals surface area contributed by atoms with Gasteiger partial charge >= 0.3 is 5.97 Å². The third-order valence-electron chi connectivity index (χ3n) is 3.13. The first-order valence-corrected chi connectivity index (χ1v) is 6.91. The molecular formula is C15H22N2O3. The van der Waals surface area contributed by atoms with E-state index in [9.17, 15) is 9.59 Å². The molecular weight excluding hydrogens is 256 g/mol. The van der Waals surface area contributed by atoms with E-state index < -0.39 is 12.0 Å². The highest BCUT2D eigenvalue weighted by atomic mass is 16.4. The van der Waals surface area contributed by atoms with E-state index in [0.717, 1.165) is 18.4 Å². The molecule has 5 heteroatoms. The van der Waals surface area contributed by atoms with Gasteiger partial charge in [-0.2, -0.15) is 0 Å². The molecule has 0 aromatic heterocycles. The average Bonchev–Trinajstić information content (AvgIpc) is 2.43. The maximum absolute atomic E-state index is 12.2. The summed E-state index contributed by atoms with van der Waals surface area (Å²) in [6.07, 6.45) is 2.69. The van der Waals surface area contributed by atoms with Gasteiger partial charge in [0.1, 0.15) is 6.04 Å². The van der Waals surface area contributed by atoms with Gasteiger partial charge in [0, 0.05) is 5.56 Å². The summed E-state index contributed by atoms with van der Waals surface area (Å²) in [5.41, 5.74) is 6.86. The number of benzene rings is 1. The summed E-state index contributed by atoms with van der Waals surface area (Å²) < 4.78 is 0. The molecule has 1 amide bonds. The number of carboxylic acids is 1. The SMILES string of the molecule is CCCC[C@H](NC(=O)c1ccccc1CCN)C(=O)O. The van der Waals surface area contributed by atoms with E-state index in [4.69, 9.17) is 10.8 Å². The van der Waals surface area contributed by atoms with Crippen molar-refractivity contribution in [1.82, 2.24) is 5.32 Å². The fraction of sp³-hybridized carbons (Fsp3) is 0.467. The van der Waals surface area contributed by atoms with Gasteiger partial charge in [-0.05, 0) is 31.0 Å². The highest BCUT2D eigenvalue weighted by Crippen LogP contribution is 2.10. The number of carboxylic acid groups (broad SMARTS) is 1. The quantitative estimate of drug-likeness (QED) is 0.673. The number of nitrogens with one attached hydrogen (secondary N) is 1. The normalized spacial score (nSPS) is 11.9. The number of rotatable bonds is 8.